The van der Waals surface area contributed by atoms with E-state index in [1.807, 2.05) is 29.2 Å². The van der Waals surface area contributed by atoms with Crippen LogP contribution in [0.25, 0.3) is 11.0 Å². The summed E-state index contributed by atoms with van der Waals surface area (Å²) in [7, 11) is 0. The predicted molar refractivity (Wildman–Crippen MR) is 122 cm³/mol. The molecule has 1 atom stereocenters. The lowest BCUT2D eigenvalue weighted by Crippen LogP contribution is -2.56. The third-order valence-electron chi connectivity index (χ3n) is 6.51. The van der Waals surface area contributed by atoms with Crippen LogP contribution in [0.2, 0.25) is 0 Å². The van der Waals surface area contributed by atoms with E-state index >= 15 is 0 Å². The van der Waals surface area contributed by atoms with Crippen molar-refractivity contribution >= 4 is 22.6 Å². The summed E-state index contributed by atoms with van der Waals surface area (Å²) in [6, 6.07) is 19.8. The third-order valence-corrected chi connectivity index (χ3v) is 6.51. The van der Waals surface area contributed by atoms with E-state index in [1.54, 1.807) is 12.1 Å². The smallest absolute Gasteiger partial charge is 0.349 e. The van der Waals surface area contributed by atoms with Crippen molar-refractivity contribution in [2.75, 3.05) is 44.2 Å². The van der Waals surface area contributed by atoms with E-state index in [9.17, 15) is 9.59 Å². The lowest BCUT2D eigenvalue weighted by atomic mass is 10.0. The predicted octanol–water partition coefficient (Wildman–Crippen LogP) is 3.22. The molecule has 0 saturated carbocycles. The first kappa shape index (κ1) is 19.8. The number of piperazine rings is 1. The van der Waals surface area contributed by atoms with Crippen LogP contribution in [-0.2, 0) is 0 Å². The number of amides is 1. The number of piperidine rings is 1. The molecule has 2 aliphatic rings. The fourth-order valence-electron chi connectivity index (χ4n) is 4.80. The van der Waals surface area contributed by atoms with Crippen molar-refractivity contribution in [3.63, 3.8) is 0 Å². The molecule has 0 unspecified atom stereocenters. The van der Waals surface area contributed by atoms with Crippen LogP contribution in [-0.4, -0.2) is 61.0 Å². The van der Waals surface area contributed by atoms with Crippen molar-refractivity contribution in [2.24, 2.45) is 0 Å². The van der Waals surface area contributed by atoms with Crippen LogP contribution in [0.4, 0.5) is 5.69 Å². The van der Waals surface area contributed by atoms with Gasteiger partial charge in [0.25, 0.3) is 5.91 Å². The lowest BCUT2D eigenvalue weighted by Gasteiger charge is -2.43. The molecule has 0 N–H and O–H groups in total. The Morgan fingerprint density at radius 3 is 2.45 bits per heavy atom. The Morgan fingerprint density at radius 1 is 0.903 bits per heavy atom. The van der Waals surface area contributed by atoms with Crippen molar-refractivity contribution < 1.29 is 9.21 Å². The number of fused-ring (bicyclic) bond motifs is 1. The second kappa shape index (κ2) is 8.55. The highest BCUT2D eigenvalue weighted by Gasteiger charge is 2.31. The molecule has 6 nitrogen and oxygen atoms in total. The molecule has 2 fully saturated rings. The zero-order chi connectivity index (χ0) is 21.2. The van der Waals surface area contributed by atoms with Crippen molar-refractivity contribution in [2.45, 2.75) is 18.9 Å². The molecule has 0 aliphatic carbocycles. The summed E-state index contributed by atoms with van der Waals surface area (Å²) in [5.74, 6) is -0.216. The molecule has 3 heterocycles. The first-order valence-corrected chi connectivity index (χ1v) is 11.1. The highest BCUT2D eigenvalue weighted by Crippen LogP contribution is 2.22. The van der Waals surface area contributed by atoms with Gasteiger partial charge >= 0.3 is 5.63 Å². The number of anilines is 1. The van der Waals surface area contributed by atoms with Crippen LogP contribution in [0.15, 0.2) is 69.9 Å². The molecular weight excluding hydrogens is 390 g/mol. The van der Waals surface area contributed by atoms with Gasteiger partial charge < -0.3 is 14.2 Å². The molecule has 0 spiro atoms. The number of para-hydroxylation sites is 2. The van der Waals surface area contributed by atoms with E-state index < -0.39 is 5.63 Å². The Morgan fingerprint density at radius 2 is 1.65 bits per heavy atom. The van der Waals surface area contributed by atoms with Crippen LogP contribution >= 0.6 is 0 Å². The minimum atomic E-state index is -0.553. The summed E-state index contributed by atoms with van der Waals surface area (Å²) in [5.41, 5.74) is 1.36. The molecule has 0 bridgehead atoms. The number of hydrogen-bond donors (Lipinski definition) is 0. The zero-order valence-corrected chi connectivity index (χ0v) is 17.6. The monoisotopic (exact) mass is 417 g/mol. The van der Waals surface area contributed by atoms with Gasteiger partial charge in [0.15, 0.2) is 0 Å². The fourth-order valence-corrected chi connectivity index (χ4v) is 4.80. The third kappa shape index (κ3) is 4.08. The average molecular weight is 418 g/mol. The molecule has 2 saturated heterocycles. The summed E-state index contributed by atoms with van der Waals surface area (Å²) in [6.07, 6.45) is 2.04. The molecule has 6 heteroatoms. The van der Waals surface area contributed by atoms with Crippen molar-refractivity contribution in [3.05, 3.63) is 76.6 Å². The molecule has 0 radical (unpaired) electrons. The first-order chi connectivity index (χ1) is 15.2. The number of carbonyl (C=O) groups is 1. The molecular formula is C25H27N3O3. The lowest BCUT2D eigenvalue weighted by molar-refractivity contribution is 0.0560. The number of benzene rings is 2. The maximum atomic E-state index is 13.2. The van der Waals surface area contributed by atoms with Gasteiger partial charge in [-0.3, -0.25) is 9.69 Å². The van der Waals surface area contributed by atoms with Crippen LogP contribution in [0.1, 0.15) is 23.2 Å². The molecule has 1 amide bonds. The summed E-state index contributed by atoms with van der Waals surface area (Å²) in [4.78, 5) is 32.4. The topological polar surface area (TPSA) is 57.0 Å². The zero-order valence-electron chi connectivity index (χ0n) is 17.6. The highest BCUT2D eigenvalue weighted by molar-refractivity contribution is 5.96. The number of hydrogen-bond acceptors (Lipinski definition) is 5. The SMILES string of the molecule is O=C(c1cc2ccccc2oc1=O)N1CCC[C@@H](N2CCN(c3ccccc3)CC2)C1. The minimum Gasteiger partial charge on any atom is -0.422 e. The summed E-state index contributed by atoms with van der Waals surface area (Å²) in [5, 5.41) is 0.774. The fraction of sp³-hybridized carbons (Fsp3) is 0.360. The molecule has 160 valence electrons. The van der Waals surface area contributed by atoms with Crippen molar-refractivity contribution in [1.82, 2.24) is 9.80 Å². The number of nitrogens with zero attached hydrogens (tertiary/aromatic N) is 3. The van der Waals surface area contributed by atoms with E-state index in [4.69, 9.17) is 4.42 Å². The molecule has 1 aromatic heterocycles. The van der Waals surface area contributed by atoms with E-state index in [-0.39, 0.29) is 11.5 Å². The number of likely N-dealkylation sites (tertiary alicyclic amines) is 1. The van der Waals surface area contributed by atoms with E-state index in [0.29, 0.717) is 24.7 Å². The van der Waals surface area contributed by atoms with Gasteiger partial charge in [-0.25, -0.2) is 4.79 Å². The normalized spacial score (nSPS) is 20.2. The number of rotatable bonds is 3. The standard InChI is InChI=1S/C25H27N3O3/c29-24(22-17-19-7-4-5-11-23(19)31-25(22)30)28-12-6-10-21(18-28)27-15-13-26(14-16-27)20-8-2-1-3-9-20/h1-5,7-9,11,17,21H,6,10,12-16,18H2/t21-/m1/s1. The van der Waals surface area contributed by atoms with Gasteiger partial charge in [-0.15, -0.1) is 0 Å². The highest BCUT2D eigenvalue weighted by atomic mass is 16.4. The van der Waals surface area contributed by atoms with E-state index in [2.05, 4.69) is 34.1 Å². The average Bonchev–Trinajstić information content (AvgIpc) is 2.84. The molecule has 31 heavy (non-hydrogen) atoms. The van der Waals surface area contributed by atoms with Crippen LogP contribution in [0.3, 0.4) is 0 Å². The van der Waals surface area contributed by atoms with Gasteiger partial charge in [0, 0.05) is 56.4 Å². The Labute approximate surface area is 181 Å². The van der Waals surface area contributed by atoms with E-state index in [0.717, 1.165) is 44.4 Å². The van der Waals surface area contributed by atoms with Gasteiger partial charge in [0.2, 0.25) is 0 Å². The summed E-state index contributed by atoms with van der Waals surface area (Å²) >= 11 is 0. The van der Waals surface area contributed by atoms with Crippen molar-refractivity contribution in [1.29, 1.82) is 0 Å². The first-order valence-electron chi connectivity index (χ1n) is 11.1. The van der Waals surface area contributed by atoms with Crippen LogP contribution in [0.5, 0.6) is 0 Å². The second-order valence-electron chi connectivity index (χ2n) is 8.39. The Balaban J connectivity index is 1.26. The van der Waals surface area contributed by atoms with Gasteiger partial charge in [0.1, 0.15) is 11.1 Å². The van der Waals surface area contributed by atoms with E-state index in [1.165, 1.54) is 5.69 Å². The quantitative estimate of drug-likeness (QED) is 0.613. The minimum absolute atomic E-state index is 0.133. The Hall–Kier alpha value is -3.12. The summed E-state index contributed by atoms with van der Waals surface area (Å²) < 4.78 is 5.38. The Kier molecular flexibility index (Phi) is 5.47. The van der Waals surface area contributed by atoms with Crippen LogP contribution < -0.4 is 10.5 Å². The Bertz CT molecular complexity index is 1120. The van der Waals surface area contributed by atoms with Gasteiger partial charge in [0.05, 0.1) is 0 Å². The molecule has 5 rings (SSSR count). The molecule has 2 aliphatic heterocycles. The van der Waals surface area contributed by atoms with Gasteiger partial charge in [-0.2, -0.15) is 0 Å². The van der Waals surface area contributed by atoms with Crippen molar-refractivity contribution in [3.8, 4) is 0 Å². The summed E-state index contributed by atoms with van der Waals surface area (Å²) in [6.45, 7) is 5.30. The van der Waals surface area contributed by atoms with Gasteiger partial charge in [-0.1, -0.05) is 36.4 Å². The molecule has 3 aromatic rings. The maximum Gasteiger partial charge on any atom is 0.349 e. The van der Waals surface area contributed by atoms with Crippen LogP contribution in [0, 0.1) is 0 Å². The molecule has 2 aromatic carbocycles. The maximum absolute atomic E-state index is 13.2. The number of carbonyl (C=O) groups excluding carboxylic acids is 1. The second-order valence-corrected chi connectivity index (χ2v) is 8.39. The van der Waals surface area contributed by atoms with Gasteiger partial charge in [-0.05, 0) is 37.1 Å². The largest absolute Gasteiger partial charge is 0.422 e.